The van der Waals surface area contributed by atoms with E-state index in [4.69, 9.17) is 4.74 Å². The molecule has 0 heterocycles. The topological polar surface area (TPSA) is 101 Å². The normalized spacial score (nSPS) is 48.4. The molecule has 0 saturated heterocycles. The fourth-order valence-corrected chi connectivity index (χ4v) is 7.42. The van der Waals surface area contributed by atoms with Gasteiger partial charge in [0.25, 0.3) is 0 Å². The van der Waals surface area contributed by atoms with E-state index in [0.717, 1.165) is 0 Å². The number of esters is 1. The summed E-state index contributed by atoms with van der Waals surface area (Å²) in [7, 11) is 0. The lowest BCUT2D eigenvalue weighted by molar-refractivity contribution is -0.219. The summed E-state index contributed by atoms with van der Waals surface area (Å²) in [5.41, 5.74) is -5.33. The summed E-state index contributed by atoms with van der Waals surface area (Å²) >= 11 is 0. The molecule has 2 N–H and O–H groups in total. The van der Waals surface area contributed by atoms with Gasteiger partial charge in [0, 0.05) is 23.7 Å². The third-order valence-corrected chi connectivity index (χ3v) is 9.05. The third kappa shape index (κ3) is 2.65. The van der Waals surface area contributed by atoms with Crippen molar-refractivity contribution in [1.82, 2.24) is 0 Å². The van der Waals surface area contributed by atoms with Gasteiger partial charge in [0.05, 0.1) is 6.10 Å². The van der Waals surface area contributed by atoms with Crippen molar-refractivity contribution in [2.45, 2.75) is 70.8 Å². The summed E-state index contributed by atoms with van der Waals surface area (Å²) in [6.07, 6.45) is 4.29. The molecule has 3 fully saturated rings. The Morgan fingerprint density at radius 2 is 1.97 bits per heavy atom. The molecule has 0 unspecified atom stereocenters. The van der Waals surface area contributed by atoms with E-state index in [1.54, 1.807) is 26.8 Å². The van der Waals surface area contributed by atoms with Crippen molar-refractivity contribution in [3.05, 3.63) is 23.8 Å². The number of aliphatic hydroxyl groups excluding tert-OH is 1. The molecule has 7 heteroatoms. The van der Waals surface area contributed by atoms with E-state index in [1.165, 1.54) is 19.1 Å². The maximum Gasteiger partial charge on any atom is 0.303 e. The quantitative estimate of drug-likeness (QED) is 0.662. The van der Waals surface area contributed by atoms with Crippen molar-refractivity contribution in [3.63, 3.8) is 0 Å². The van der Waals surface area contributed by atoms with Crippen LogP contribution in [0, 0.1) is 28.6 Å². The van der Waals surface area contributed by atoms with Crippen LogP contribution in [0.15, 0.2) is 23.8 Å². The molecular weight excluding hydrogens is 403 g/mol. The van der Waals surface area contributed by atoms with Gasteiger partial charge >= 0.3 is 5.97 Å². The van der Waals surface area contributed by atoms with E-state index < -0.39 is 58.4 Å². The van der Waals surface area contributed by atoms with Crippen LogP contribution in [0.2, 0.25) is 0 Å². The maximum absolute atomic E-state index is 17.0. The predicted molar refractivity (Wildman–Crippen MR) is 109 cm³/mol. The van der Waals surface area contributed by atoms with Crippen LogP contribution in [0.3, 0.4) is 0 Å². The average molecular weight is 435 g/mol. The summed E-state index contributed by atoms with van der Waals surface area (Å²) in [5, 5.41) is 22.9. The minimum Gasteiger partial charge on any atom is -0.458 e. The summed E-state index contributed by atoms with van der Waals surface area (Å²) in [4.78, 5) is 36.2. The van der Waals surface area contributed by atoms with Gasteiger partial charge in [0.15, 0.2) is 18.1 Å². The van der Waals surface area contributed by atoms with Crippen molar-refractivity contribution < 1.29 is 33.7 Å². The lowest BCUT2D eigenvalue weighted by atomic mass is 9.44. The second-order valence-electron chi connectivity index (χ2n) is 10.4. The fourth-order valence-electron chi connectivity index (χ4n) is 7.42. The van der Waals surface area contributed by atoms with Crippen LogP contribution >= 0.6 is 0 Å². The summed E-state index contributed by atoms with van der Waals surface area (Å²) < 4.78 is 21.9. The van der Waals surface area contributed by atoms with Crippen LogP contribution < -0.4 is 0 Å². The summed E-state index contributed by atoms with van der Waals surface area (Å²) in [6.45, 7) is 5.89. The maximum atomic E-state index is 17.0. The van der Waals surface area contributed by atoms with Gasteiger partial charge in [-0.15, -0.1) is 0 Å². The fraction of sp³-hybridized carbons (Fsp3) is 0.708. The Labute approximate surface area is 181 Å². The molecule has 0 radical (unpaired) electrons. The molecule has 31 heavy (non-hydrogen) atoms. The summed E-state index contributed by atoms with van der Waals surface area (Å²) in [6, 6.07) is 0. The first-order valence-corrected chi connectivity index (χ1v) is 11.0. The molecule has 0 spiro atoms. The Balaban J connectivity index is 1.76. The number of Topliss-reactive ketones (excluding diaryl/α,β-unsaturated/α-hetero) is 1. The van der Waals surface area contributed by atoms with E-state index in [1.807, 2.05) is 0 Å². The van der Waals surface area contributed by atoms with Gasteiger partial charge in [-0.05, 0) is 56.6 Å². The molecule has 6 nitrogen and oxygen atoms in total. The van der Waals surface area contributed by atoms with E-state index in [-0.39, 0.29) is 18.1 Å². The van der Waals surface area contributed by atoms with Gasteiger partial charge < -0.3 is 14.9 Å². The van der Waals surface area contributed by atoms with Crippen molar-refractivity contribution in [2.24, 2.45) is 28.6 Å². The molecule has 0 aromatic heterocycles. The first-order valence-electron chi connectivity index (χ1n) is 11.0. The minimum atomic E-state index is -2.01. The highest BCUT2D eigenvalue weighted by atomic mass is 19.1. The van der Waals surface area contributed by atoms with Gasteiger partial charge in [-0.3, -0.25) is 14.4 Å². The van der Waals surface area contributed by atoms with Gasteiger partial charge in [-0.25, -0.2) is 4.39 Å². The average Bonchev–Trinajstić information content (AvgIpc) is 2.89. The Kier molecular flexibility index (Phi) is 4.91. The van der Waals surface area contributed by atoms with Crippen molar-refractivity contribution in [2.75, 3.05) is 6.61 Å². The number of carbonyl (C=O) groups excluding carboxylic acids is 3. The molecule has 0 aliphatic heterocycles. The number of fused-ring (bicyclic) bond motifs is 5. The highest BCUT2D eigenvalue weighted by Crippen LogP contribution is 2.70. The first kappa shape index (κ1) is 22.3. The molecule has 3 saturated carbocycles. The van der Waals surface area contributed by atoms with Crippen LogP contribution in [-0.2, 0) is 19.1 Å². The molecule has 0 aromatic carbocycles. The van der Waals surface area contributed by atoms with E-state index in [9.17, 15) is 24.6 Å². The highest BCUT2D eigenvalue weighted by Gasteiger charge is 2.75. The molecule has 170 valence electrons. The lowest BCUT2D eigenvalue weighted by Crippen LogP contribution is -2.69. The van der Waals surface area contributed by atoms with Gasteiger partial charge in [-0.2, -0.15) is 0 Å². The van der Waals surface area contributed by atoms with Crippen molar-refractivity contribution in [3.8, 4) is 0 Å². The Hall–Kier alpha value is -1.86. The minimum absolute atomic E-state index is 0.0953. The highest BCUT2D eigenvalue weighted by molar-refractivity contribution is 6.01. The summed E-state index contributed by atoms with van der Waals surface area (Å²) in [5.74, 6) is -2.80. The van der Waals surface area contributed by atoms with E-state index in [0.29, 0.717) is 24.8 Å². The predicted octanol–water partition coefficient (Wildman–Crippen LogP) is 2.47. The first-order chi connectivity index (χ1) is 14.3. The molecule has 0 bridgehead atoms. The zero-order valence-corrected chi connectivity index (χ0v) is 18.5. The number of hydrogen-bond donors (Lipinski definition) is 2. The number of allylic oxidation sites excluding steroid dienone is 4. The lowest BCUT2D eigenvalue weighted by Gasteiger charge is -2.62. The van der Waals surface area contributed by atoms with Gasteiger partial charge in [0.2, 0.25) is 5.78 Å². The van der Waals surface area contributed by atoms with E-state index in [2.05, 4.69) is 0 Å². The van der Waals surface area contributed by atoms with Gasteiger partial charge in [0.1, 0.15) is 5.60 Å². The molecule has 4 aliphatic carbocycles. The second-order valence-corrected chi connectivity index (χ2v) is 10.4. The van der Waals surface area contributed by atoms with Crippen LogP contribution in [0.4, 0.5) is 4.39 Å². The number of alkyl halides is 1. The Morgan fingerprint density at radius 3 is 2.61 bits per heavy atom. The van der Waals surface area contributed by atoms with E-state index >= 15 is 4.39 Å². The molecular formula is C24H31FO6. The van der Waals surface area contributed by atoms with Crippen LogP contribution in [0.5, 0.6) is 0 Å². The van der Waals surface area contributed by atoms with Crippen LogP contribution in [0.1, 0.15) is 53.4 Å². The molecule has 4 aliphatic rings. The van der Waals surface area contributed by atoms with Crippen molar-refractivity contribution >= 4 is 17.5 Å². The van der Waals surface area contributed by atoms with Crippen LogP contribution in [-0.4, -0.2) is 51.7 Å². The van der Waals surface area contributed by atoms with Crippen molar-refractivity contribution in [1.29, 1.82) is 0 Å². The molecule has 4 rings (SSSR count). The number of carbonyl (C=O) groups is 3. The number of ether oxygens (including phenoxy) is 1. The number of halogens is 1. The number of hydrogen-bond acceptors (Lipinski definition) is 6. The standard InChI is InChI=1S/C24H31FO6/c1-13-9-18-17-6-5-15-10-16(27)7-8-21(15,3)23(17,25)19(28)11-22(18,4)24(13,30)20(29)12-31-14(2)26/h7-8,10,13,17-19,28,30H,5-6,9,11-12H2,1-4H3/t13-,17-,18-,19+,21+,22-,23-,24+/m1/s1. The number of rotatable bonds is 3. The number of ketones is 2. The molecule has 8 atom stereocenters. The molecule has 0 amide bonds. The monoisotopic (exact) mass is 434 g/mol. The Morgan fingerprint density at radius 1 is 1.29 bits per heavy atom. The van der Waals surface area contributed by atoms with Gasteiger partial charge in [-0.1, -0.05) is 25.5 Å². The largest absolute Gasteiger partial charge is 0.458 e. The Bertz CT molecular complexity index is 910. The second kappa shape index (κ2) is 6.82. The zero-order chi connectivity index (χ0) is 23.0. The smallest absolute Gasteiger partial charge is 0.303 e. The SMILES string of the molecule is CC(=O)OCC(=O)[C@@]1(O)[C@H](C)C[C@@H]2[C@H]3CCC4=CC(=O)C=C[C@]4(C)[C@]3(F)[C@@H](O)C[C@]21C. The zero-order valence-electron chi connectivity index (χ0n) is 18.5. The molecule has 0 aromatic rings. The van der Waals surface area contributed by atoms with Crippen LogP contribution in [0.25, 0.3) is 0 Å². The number of aliphatic hydroxyl groups is 2. The third-order valence-electron chi connectivity index (χ3n) is 9.05.